The van der Waals surface area contributed by atoms with E-state index in [-0.39, 0.29) is 25.4 Å². The molecule has 3 aromatic rings. The van der Waals surface area contributed by atoms with Crippen molar-refractivity contribution in [2.75, 3.05) is 63.6 Å². The number of rotatable bonds is 12. The zero-order valence-electron chi connectivity index (χ0n) is 28.4. The third kappa shape index (κ3) is 7.64. The van der Waals surface area contributed by atoms with E-state index in [2.05, 4.69) is 37.1 Å². The van der Waals surface area contributed by atoms with Crippen LogP contribution in [0.4, 0.5) is 24.9 Å². The first-order valence-corrected chi connectivity index (χ1v) is 17.4. The van der Waals surface area contributed by atoms with Gasteiger partial charge in [0.25, 0.3) is 0 Å². The molecule has 0 radical (unpaired) electrons. The summed E-state index contributed by atoms with van der Waals surface area (Å²) in [6.07, 6.45) is -2.48. The maximum atomic E-state index is 13.6. The Kier molecular flexibility index (Phi) is 10.6. The number of hydrogen-bond donors (Lipinski definition) is 3. The van der Waals surface area contributed by atoms with Gasteiger partial charge in [0, 0.05) is 38.3 Å². The third-order valence-electron chi connectivity index (χ3n) is 10.3. The summed E-state index contributed by atoms with van der Waals surface area (Å²) in [6, 6.07) is 8.45. The van der Waals surface area contributed by atoms with Gasteiger partial charge in [0.15, 0.2) is 17.0 Å². The molecule has 2 saturated heterocycles. The molecular weight excluding hydrogens is 639 g/mol. The molecule has 0 unspecified atom stereocenters. The maximum absolute atomic E-state index is 13.6. The summed E-state index contributed by atoms with van der Waals surface area (Å²) in [4.78, 5) is 34.5. The molecular formula is C34H48F3N9O3. The number of anilines is 2. The van der Waals surface area contributed by atoms with E-state index < -0.39 is 36.4 Å². The van der Waals surface area contributed by atoms with Crippen molar-refractivity contribution < 1.29 is 28.2 Å². The van der Waals surface area contributed by atoms with E-state index in [1.165, 1.54) is 11.9 Å². The van der Waals surface area contributed by atoms with Gasteiger partial charge < -0.3 is 39.7 Å². The second kappa shape index (κ2) is 14.8. The van der Waals surface area contributed by atoms with Gasteiger partial charge in [-0.3, -0.25) is 4.79 Å². The first kappa shape index (κ1) is 35.3. The van der Waals surface area contributed by atoms with E-state index in [0.717, 1.165) is 51.9 Å². The number of imidazole rings is 1. The average molecular weight is 688 g/mol. The summed E-state index contributed by atoms with van der Waals surface area (Å²) in [5.41, 5.74) is 2.05. The van der Waals surface area contributed by atoms with Crippen molar-refractivity contribution in [3.05, 3.63) is 42.2 Å². The number of nitrogens with zero attached hydrogens (tertiary/aromatic N) is 8. The molecule has 1 amide bonds. The van der Waals surface area contributed by atoms with Crippen LogP contribution in [0.2, 0.25) is 0 Å². The number of aliphatic hydroxyl groups is 2. The molecule has 268 valence electrons. The average Bonchev–Trinajstić information content (AvgIpc) is 3.88. The van der Waals surface area contributed by atoms with Gasteiger partial charge in [0.05, 0.1) is 18.4 Å². The normalized spacial score (nSPS) is 25.5. The molecule has 0 spiro atoms. The summed E-state index contributed by atoms with van der Waals surface area (Å²) >= 11 is 0. The zero-order chi connectivity index (χ0) is 34.9. The number of carbonyl (C=O) groups is 1. The molecule has 3 N–H and O–H groups in total. The summed E-state index contributed by atoms with van der Waals surface area (Å²) in [5.74, 6) is -0.994. The zero-order valence-corrected chi connectivity index (χ0v) is 28.4. The minimum Gasteiger partial charge on any atom is -0.388 e. The highest BCUT2D eigenvalue weighted by molar-refractivity contribution is 5.85. The van der Waals surface area contributed by atoms with Gasteiger partial charge in [-0.2, -0.15) is 23.1 Å². The molecule has 6 rings (SSSR count). The number of aromatic nitrogens is 4. The van der Waals surface area contributed by atoms with Gasteiger partial charge in [-0.1, -0.05) is 37.3 Å². The Hall–Kier alpha value is -3.53. The van der Waals surface area contributed by atoms with Crippen LogP contribution in [0.1, 0.15) is 50.6 Å². The van der Waals surface area contributed by atoms with Gasteiger partial charge in [0.2, 0.25) is 5.95 Å². The number of carbonyl (C=O) groups excluding carboxylic acids is 1. The maximum Gasteiger partial charge on any atom is 0.471 e. The van der Waals surface area contributed by atoms with Crippen molar-refractivity contribution >= 4 is 28.8 Å². The number of benzene rings is 1. The lowest BCUT2D eigenvalue weighted by molar-refractivity contribution is -0.190. The molecule has 2 aromatic heterocycles. The fourth-order valence-corrected chi connectivity index (χ4v) is 7.66. The molecule has 2 aliphatic heterocycles. The third-order valence-corrected chi connectivity index (χ3v) is 10.3. The van der Waals surface area contributed by atoms with Gasteiger partial charge in [-0.25, -0.2) is 4.98 Å². The first-order chi connectivity index (χ1) is 23.4. The number of amides is 1. The second-order valence-electron chi connectivity index (χ2n) is 13.9. The number of hydrogen-bond acceptors (Lipinski definition) is 10. The number of likely N-dealkylation sites (tertiary alicyclic amines) is 1. The number of alkyl halides is 3. The lowest BCUT2D eigenvalue weighted by Crippen LogP contribution is -2.51. The molecule has 12 nitrogen and oxygen atoms in total. The first-order valence-electron chi connectivity index (χ1n) is 17.4. The number of nitrogens with one attached hydrogen (secondary N) is 1. The van der Waals surface area contributed by atoms with Crippen LogP contribution in [0.5, 0.6) is 0 Å². The molecule has 49 heavy (non-hydrogen) atoms. The quantitative estimate of drug-likeness (QED) is 0.262. The molecule has 1 saturated carbocycles. The van der Waals surface area contributed by atoms with Crippen molar-refractivity contribution in [3.63, 3.8) is 0 Å². The molecule has 4 heterocycles. The highest BCUT2D eigenvalue weighted by Crippen LogP contribution is 2.38. The lowest BCUT2D eigenvalue weighted by atomic mass is 10.1. The molecule has 3 fully saturated rings. The van der Waals surface area contributed by atoms with Crippen molar-refractivity contribution in [1.82, 2.24) is 34.2 Å². The van der Waals surface area contributed by atoms with Crippen LogP contribution >= 0.6 is 0 Å². The monoisotopic (exact) mass is 687 g/mol. The summed E-state index contributed by atoms with van der Waals surface area (Å²) < 4.78 is 42.4. The van der Waals surface area contributed by atoms with E-state index in [4.69, 9.17) is 9.97 Å². The lowest BCUT2D eigenvalue weighted by Gasteiger charge is -2.31. The number of likely N-dealkylation sites (N-methyl/N-ethyl adjacent to an activating group) is 1. The fourth-order valence-electron chi connectivity index (χ4n) is 7.66. The Morgan fingerprint density at radius 2 is 1.82 bits per heavy atom. The van der Waals surface area contributed by atoms with E-state index in [9.17, 15) is 28.2 Å². The Morgan fingerprint density at radius 3 is 2.47 bits per heavy atom. The van der Waals surface area contributed by atoms with Crippen LogP contribution in [0, 0.1) is 0 Å². The highest BCUT2D eigenvalue weighted by atomic mass is 19.4. The van der Waals surface area contributed by atoms with Crippen LogP contribution in [0.3, 0.4) is 0 Å². The predicted molar refractivity (Wildman–Crippen MR) is 180 cm³/mol. The van der Waals surface area contributed by atoms with Crippen molar-refractivity contribution in [1.29, 1.82) is 0 Å². The SMILES string of the molecule is CCCN(C(=O)C(F)(F)F)[C@H]1C[C@@H](n2cnc3c(N[C@@H](Cc4ccccc4)CN4CCCC4)nc(N4CC[C@@H](N(C)C)C4)nc32)[C@H](O)[C@@H]1O. The van der Waals surface area contributed by atoms with Crippen LogP contribution < -0.4 is 10.2 Å². The van der Waals surface area contributed by atoms with Crippen LogP contribution in [-0.2, 0) is 11.2 Å². The standard InChI is InChI=1S/C34H48F3N9O3/c1-4-13-45(32(49)34(35,36)37)25-18-26(29(48)28(25)47)46-21-38-27-30(40-33(41-31(27)46)44-16-12-24(20-44)42(2)3)39-23(19-43-14-8-9-15-43)17-22-10-6-5-7-11-22/h5-7,10-11,21,23-26,28-29,47-48H,4,8-9,12-20H2,1-3H3,(H,39,40,41)/t23-,24+,25-,26+,28+,29-/m0/s1. The summed E-state index contributed by atoms with van der Waals surface area (Å²) in [6.45, 7) is 5.77. The van der Waals surface area contributed by atoms with Crippen LogP contribution in [0.15, 0.2) is 36.7 Å². The Morgan fingerprint density at radius 1 is 1.08 bits per heavy atom. The van der Waals surface area contributed by atoms with Gasteiger partial charge in [-0.15, -0.1) is 0 Å². The minimum absolute atomic E-state index is 0.0102. The minimum atomic E-state index is -5.10. The second-order valence-corrected chi connectivity index (χ2v) is 13.9. The Balaban J connectivity index is 1.37. The molecule has 6 atom stereocenters. The molecule has 1 aromatic carbocycles. The molecule has 15 heteroatoms. The predicted octanol–water partition coefficient (Wildman–Crippen LogP) is 2.92. The largest absolute Gasteiger partial charge is 0.471 e. The van der Waals surface area contributed by atoms with Crippen molar-refractivity contribution in [2.24, 2.45) is 0 Å². The number of fused-ring (bicyclic) bond motifs is 1. The fraction of sp³-hybridized carbons (Fsp3) is 0.647. The Bertz CT molecular complexity index is 1570. The van der Waals surface area contributed by atoms with Gasteiger partial charge in [-0.05, 0) is 71.3 Å². The Labute approximate surface area is 284 Å². The van der Waals surface area contributed by atoms with Crippen molar-refractivity contribution in [3.8, 4) is 0 Å². The molecule has 3 aliphatic rings. The highest BCUT2D eigenvalue weighted by Gasteiger charge is 2.51. The summed E-state index contributed by atoms with van der Waals surface area (Å²) in [5, 5.41) is 26.0. The van der Waals surface area contributed by atoms with Crippen LogP contribution in [0.25, 0.3) is 11.2 Å². The number of halogens is 3. The van der Waals surface area contributed by atoms with E-state index in [1.54, 1.807) is 11.5 Å². The van der Waals surface area contributed by atoms with E-state index in [1.807, 2.05) is 32.3 Å². The van der Waals surface area contributed by atoms with E-state index in [0.29, 0.717) is 40.4 Å². The summed E-state index contributed by atoms with van der Waals surface area (Å²) in [7, 11) is 4.09. The molecule has 0 bridgehead atoms. The smallest absolute Gasteiger partial charge is 0.388 e. The number of aliphatic hydroxyl groups excluding tert-OH is 2. The van der Waals surface area contributed by atoms with E-state index >= 15 is 0 Å². The topological polar surface area (TPSA) is 126 Å². The van der Waals surface area contributed by atoms with Gasteiger partial charge >= 0.3 is 12.1 Å². The molecule has 1 aliphatic carbocycles. The van der Waals surface area contributed by atoms with Crippen molar-refractivity contribution in [2.45, 2.75) is 88.0 Å². The van der Waals surface area contributed by atoms with Crippen LogP contribution in [-0.4, -0.2) is 140 Å². The van der Waals surface area contributed by atoms with Gasteiger partial charge in [0.1, 0.15) is 12.2 Å².